The molecule has 8 aromatic carbocycles. The number of hydrogen-bond donors (Lipinski definition) is 2. The molecule has 8 rings (SSSR count). The molecule has 0 saturated heterocycles. The summed E-state index contributed by atoms with van der Waals surface area (Å²) in [5, 5.41) is 12.3. The van der Waals surface area contributed by atoms with Gasteiger partial charge in [-0.05, 0) is 148 Å². The predicted octanol–water partition coefficient (Wildman–Crippen LogP) is 14.8. The number of alkyl carbamates (subject to hydrolysis) is 2. The van der Waals surface area contributed by atoms with Crippen molar-refractivity contribution in [2.24, 2.45) is 0 Å². The normalized spacial score (nSPS) is 11.8. The molecule has 0 radical (unpaired) electrons. The first kappa shape index (κ1) is 56.5. The fourth-order valence-corrected chi connectivity index (χ4v) is 15.4. The van der Waals surface area contributed by atoms with Gasteiger partial charge in [-0.2, -0.15) is 0 Å². The molecule has 2 amide bonds. The summed E-state index contributed by atoms with van der Waals surface area (Å²) in [6, 6.07) is 56.1. The van der Waals surface area contributed by atoms with E-state index in [1.807, 2.05) is 65.8 Å². The molecule has 77 heavy (non-hydrogen) atoms. The summed E-state index contributed by atoms with van der Waals surface area (Å²) in [5.74, 6) is 0. The van der Waals surface area contributed by atoms with Crippen LogP contribution < -0.4 is 10.6 Å². The minimum atomic E-state index is -2.96. The molecule has 402 valence electrons. The Morgan fingerprint density at radius 2 is 0.701 bits per heavy atom. The Labute approximate surface area is 455 Å². The topological polar surface area (TPSA) is 132 Å². The molecule has 8 aromatic rings. The van der Waals surface area contributed by atoms with Crippen LogP contribution in [0, 0.1) is 0 Å². The van der Waals surface area contributed by atoms with Gasteiger partial charge in [0.15, 0.2) is 0 Å². The molecule has 0 bridgehead atoms. The molecule has 14 heteroatoms. The second-order valence-corrected chi connectivity index (χ2v) is 23.8. The molecular formula is C63H72N2O10Si2. The lowest BCUT2D eigenvalue weighted by atomic mass is 9.77. The number of carbonyl (C=O) groups is 2. The van der Waals surface area contributed by atoms with E-state index in [9.17, 15) is 9.59 Å². The van der Waals surface area contributed by atoms with Crippen molar-refractivity contribution in [3.05, 3.63) is 169 Å². The van der Waals surface area contributed by atoms with Crippen LogP contribution in [0.25, 0.3) is 76.8 Å². The maximum absolute atomic E-state index is 13.3. The standard InChI is InChI=1S/C63H72N2O10Si2/c1-7-70-76(71-8-2,72-9-3)40-25-38-64-62(66)68-44-46-26-23-32-50(42-46)58-54-36-21-22-37-55(54)59(51-33-24-27-47(43-51)45-69-63(67)65-39-41-77(73-10-4,74-11-5)75-12-6)61-57(49-30-17-14-18-31-49)53-35-20-19-34-52(53)56(60(58)61)48-28-15-13-16-29-48/h13-24,26-37,42-43H,7-12,25,38-41,44-45H2,1-6H3,(H,64,66)(H,65,67). The van der Waals surface area contributed by atoms with Gasteiger partial charge in [0, 0.05) is 64.8 Å². The number of amides is 2. The van der Waals surface area contributed by atoms with Crippen molar-refractivity contribution in [3.63, 3.8) is 0 Å². The molecule has 0 fully saturated rings. The Morgan fingerprint density at radius 1 is 0.377 bits per heavy atom. The second kappa shape index (κ2) is 27.5. The highest BCUT2D eigenvalue weighted by molar-refractivity contribution is 6.61. The lowest BCUT2D eigenvalue weighted by molar-refractivity contribution is 0.0700. The van der Waals surface area contributed by atoms with Gasteiger partial charge in [0.05, 0.1) is 0 Å². The van der Waals surface area contributed by atoms with E-state index in [0.29, 0.717) is 64.7 Å². The summed E-state index contributed by atoms with van der Waals surface area (Å²) in [5.41, 5.74) is 10.1. The zero-order valence-electron chi connectivity index (χ0n) is 45.3. The molecule has 0 heterocycles. The van der Waals surface area contributed by atoms with Crippen LogP contribution in [0.5, 0.6) is 0 Å². The first-order valence-corrected chi connectivity index (χ1v) is 30.9. The molecule has 0 aliphatic carbocycles. The first-order valence-electron chi connectivity index (χ1n) is 27.1. The Morgan fingerprint density at radius 3 is 1.08 bits per heavy atom. The molecule has 0 saturated carbocycles. The van der Waals surface area contributed by atoms with E-state index in [0.717, 1.165) is 88.0 Å². The minimum Gasteiger partial charge on any atom is -0.445 e. The van der Waals surface area contributed by atoms with Crippen molar-refractivity contribution < 1.29 is 45.6 Å². The summed E-state index contributed by atoms with van der Waals surface area (Å²) in [6.07, 6.45) is -0.423. The Hall–Kier alpha value is -6.73. The number of nitrogens with one attached hydrogen (secondary N) is 2. The average molecular weight is 1070 g/mol. The summed E-state index contributed by atoms with van der Waals surface area (Å²) >= 11 is 0. The fourth-order valence-electron chi connectivity index (χ4n) is 10.4. The van der Waals surface area contributed by atoms with Crippen molar-refractivity contribution >= 4 is 62.1 Å². The van der Waals surface area contributed by atoms with E-state index in [-0.39, 0.29) is 19.8 Å². The lowest BCUT2D eigenvalue weighted by Gasteiger charge is -2.28. The van der Waals surface area contributed by atoms with Crippen LogP contribution in [0.3, 0.4) is 0 Å². The van der Waals surface area contributed by atoms with Crippen LogP contribution in [-0.2, 0) is 49.2 Å². The largest absolute Gasteiger partial charge is 0.502 e. The van der Waals surface area contributed by atoms with Gasteiger partial charge in [-0.15, -0.1) is 0 Å². The number of fused-ring (bicyclic) bond motifs is 3. The highest BCUT2D eigenvalue weighted by atomic mass is 28.4. The molecule has 0 spiro atoms. The number of ether oxygens (including phenoxy) is 2. The zero-order chi connectivity index (χ0) is 54.0. The van der Waals surface area contributed by atoms with Gasteiger partial charge in [0.25, 0.3) is 0 Å². The average Bonchev–Trinajstić information content (AvgIpc) is 3.46. The third kappa shape index (κ3) is 13.5. The van der Waals surface area contributed by atoms with Crippen LogP contribution in [-0.4, -0.2) is 82.5 Å². The van der Waals surface area contributed by atoms with Gasteiger partial charge in [-0.25, -0.2) is 9.59 Å². The van der Waals surface area contributed by atoms with E-state index < -0.39 is 29.8 Å². The van der Waals surface area contributed by atoms with Crippen molar-refractivity contribution in [1.82, 2.24) is 10.6 Å². The fraction of sp³-hybridized carbons (Fsp3) is 0.302. The maximum Gasteiger partial charge on any atom is 0.502 e. The molecule has 0 aromatic heterocycles. The first-order chi connectivity index (χ1) is 37.7. The Bertz CT molecular complexity index is 3200. The van der Waals surface area contributed by atoms with Gasteiger partial charge in [-0.1, -0.05) is 146 Å². The SMILES string of the molecule is CCO[Si](CCCNC(=O)OCc1cccc(-c2c3ccccc3c(-c3cccc(COC(=O)NCC[Si](OCC)(OCC)OCC)c3)c3c(-c4ccccc4)c4ccccc4c(-c4ccccc4)c23)c1)(OCC)OCC. The maximum atomic E-state index is 13.3. The van der Waals surface area contributed by atoms with Crippen LogP contribution >= 0.6 is 0 Å². The van der Waals surface area contributed by atoms with Crippen LogP contribution in [0.2, 0.25) is 12.1 Å². The number of carbonyl (C=O) groups excluding carboxylic acids is 2. The van der Waals surface area contributed by atoms with E-state index in [2.05, 4.69) is 144 Å². The summed E-state index contributed by atoms with van der Waals surface area (Å²) < 4.78 is 47.8. The van der Waals surface area contributed by atoms with E-state index >= 15 is 0 Å². The van der Waals surface area contributed by atoms with Gasteiger partial charge in [0.1, 0.15) is 13.2 Å². The quantitative estimate of drug-likeness (QED) is 0.0291. The van der Waals surface area contributed by atoms with Crippen LogP contribution in [0.15, 0.2) is 158 Å². The molecule has 0 atom stereocenters. The number of rotatable bonds is 27. The lowest BCUT2D eigenvalue weighted by Crippen LogP contribution is -2.48. The van der Waals surface area contributed by atoms with Gasteiger partial charge >= 0.3 is 29.8 Å². The highest BCUT2D eigenvalue weighted by Crippen LogP contribution is 2.53. The smallest absolute Gasteiger partial charge is 0.445 e. The minimum absolute atomic E-state index is 0.0488. The van der Waals surface area contributed by atoms with E-state index in [1.165, 1.54) is 0 Å². The molecule has 12 nitrogen and oxygen atoms in total. The molecule has 0 unspecified atom stereocenters. The number of benzene rings is 8. The molecule has 0 aliphatic rings. The predicted molar refractivity (Wildman–Crippen MR) is 313 cm³/mol. The van der Waals surface area contributed by atoms with Crippen molar-refractivity contribution in [1.29, 1.82) is 0 Å². The van der Waals surface area contributed by atoms with Gasteiger partial charge < -0.3 is 46.7 Å². The van der Waals surface area contributed by atoms with Crippen molar-refractivity contribution in [2.45, 2.75) is 73.3 Å². The van der Waals surface area contributed by atoms with Crippen LogP contribution in [0.1, 0.15) is 59.1 Å². The van der Waals surface area contributed by atoms with E-state index in [4.69, 9.17) is 36.0 Å². The van der Waals surface area contributed by atoms with Crippen molar-refractivity contribution in [3.8, 4) is 44.5 Å². The van der Waals surface area contributed by atoms with Crippen molar-refractivity contribution in [2.75, 3.05) is 52.7 Å². The van der Waals surface area contributed by atoms with Gasteiger partial charge in [0.2, 0.25) is 0 Å². The number of hydrogen-bond acceptors (Lipinski definition) is 10. The third-order valence-electron chi connectivity index (χ3n) is 13.3. The molecule has 2 N–H and O–H groups in total. The highest BCUT2D eigenvalue weighted by Gasteiger charge is 2.41. The molecular weight excluding hydrogens is 1000 g/mol. The van der Waals surface area contributed by atoms with E-state index in [1.54, 1.807) is 0 Å². The Kier molecular flexibility index (Phi) is 20.2. The summed E-state index contributed by atoms with van der Waals surface area (Å²) in [7, 11) is -5.81. The second-order valence-electron chi connectivity index (χ2n) is 18.3. The monoisotopic (exact) mass is 1070 g/mol. The van der Waals surface area contributed by atoms with Crippen LogP contribution in [0.4, 0.5) is 9.59 Å². The van der Waals surface area contributed by atoms with Gasteiger partial charge in [-0.3, -0.25) is 0 Å². The third-order valence-corrected chi connectivity index (χ3v) is 19.5. The molecule has 0 aliphatic heterocycles. The summed E-state index contributed by atoms with van der Waals surface area (Å²) in [6.45, 7) is 15.2. The Balaban J connectivity index is 1.22. The summed E-state index contributed by atoms with van der Waals surface area (Å²) in [4.78, 5) is 26.6. The zero-order valence-corrected chi connectivity index (χ0v) is 47.3.